The number of aromatic amines is 1. The molecular weight excluding hydrogens is 322 g/mol. The highest BCUT2D eigenvalue weighted by Crippen LogP contribution is 2.25. The molecule has 24 heavy (non-hydrogen) atoms. The molecule has 3 heterocycles. The summed E-state index contributed by atoms with van der Waals surface area (Å²) in [5.74, 6) is -0.231. The third-order valence-electron chi connectivity index (χ3n) is 4.13. The monoisotopic (exact) mass is 337 g/mol. The van der Waals surface area contributed by atoms with Gasteiger partial charge in [-0.25, -0.2) is 0 Å². The second kappa shape index (κ2) is 5.65. The van der Waals surface area contributed by atoms with E-state index in [1.807, 2.05) is 54.2 Å². The van der Waals surface area contributed by atoms with E-state index in [4.69, 9.17) is 0 Å². The lowest BCUT2D eigenvalue weighted by Crippen LogP contribution is -2.23. The van der Waals surface area contributed by atoms with Gasteiger partial charge >= 0.3 is 0 Å². The molecule has 1 aromatic carbocycles. The standard InChI is InChI=1S/C18H15N3O2S/c1-21-8-4-5-11(21)10-19-17(22)15-9-13-12-6-2-3-7-14(12)20-16(13)18(23)24-15/h2-9,20H,10H2,1H3,(H,19,22). The van der Waals surface area contributed by atoms with E-state index in [0.717, 1.165) is 33.3 Å². The molecule has 1 amide bonds. The van der Waals surface area contributed by atoms with Crippen molar-refractivity contribution in [2.75, 3.05) is 0 Å². The number of hydrogen-bond donors (Lipinski definition) is 2. The second-order valence-corrected chi connectivity index (χ2v) is 6.67. The normalized spacial score (nSPS) is 11.2. The zero-order chi connectivity index (χ0) is 16.7. The van der Waals surface area contributed by atoms with Gasteiger partial charge in [0.25, 0.3) is 10.6 Å². The molecular formula is C18H15N3O2S. The molecule has 2 N–H and O–H groups in total. The first-order valence-electron chi connectivity index (χ1n) is 7.56. The third kappa shape index (κ3) is 2.41. The van der Waals surface area contributed by atoms with Crippen LogP contribution in [-0.4, -0.2) is 15.5 Å². The largest absolute Gasteiger partial charge is 0.353 e. The minimum absolute atomic E-state index is 0.132. The zero-order valence-corrected chi connectivity index (χ0v) is 13.8. The number of fused-ring (bicyclic) bond motifs is 3. The van der Waals surface area contributed by atoms with Crippen molar-refractivity contribution in [1.82, 2.24) is 14.9 Å². The summed E-state index contributed by atoms with van der Waals surface area (Å²) in [4.78, 5) is 28.4. The molecule has 0 aliphatic rings. The number of benzene rings is 1. The summed E-state index contributed by atoms with van der Waals surface area (Å²) < 4.78 is 1.82. The lowest BCUT2D eigenvalue weighted by Gasteiger charge is -2.06. The van der Waals surface area contributed by atoms with Crippen LogP contribution < -0.4 is 10.1 Å². The molecule has 3 aromatic heterocycles. The predicted molar refractivity (Wildman–Crippen MR) is 96.5 cm³/mol. The van der Waals surface area contributed by atoms with Gasteiger partial charge in [-0.3, -0.25) is 9.59 Å². The predicted octanol–water partition coefficient (Wildman–Crippen LogP) is 3.01. The molecule has 4 rings (SSSR count). The van der Waals surface area contributed by atoms with E-state index in [1.54, 1.807) is 6.07 Å². The Balaban J connectivity index is 1.71. The number of aromatic nitrogens is 2. The van der Waals surface area contributed by atoms with Gasteiger partial charge in [0.05, 0.1) is 11.4 Å². The summed E-state index contributed by atoms with van der Waals surface area (Å²) in [7, 11) is 1.93. The molecule has 0 radical (unpaired) electrons. The maximum atomic E-state index is 12.4. The van der Waals surface area contributed by atoms with Gasteiger partial charge in [0, 0.05) is 35.2 Å². The van der Waals surface area contributed by atoms with Crippen LogP contribution in [0.5, 0.6) is 0 Å². The van der Waals surface area contributed by atoms with Gasteiger partial charge in [-0.15, -0.1) is 0 Å². The first kappa shape index (κ1) is 14.7. The zero-order valence-electron chi connectivity index (χ0n) is 13.0. The van der Waals surface area contributed by atoms with E-state index >= 15 is 0 Å². The lowest BCUT2D eigenvalue weighted by molar-refractivity contribution is 0.0954. The highest BCUT2D eigenvalue weighted by molar-refractivity contribution is 7.12. The molecule has 4 aromatic rings. The van der Waals surface area contributed by atoms with Crippen LogP contribution in [0.15, 0.2) is 53.5 Å². The molecule has 0 saturated carbocycles. The second-order valence-electron chi connectivity index (χ2n) is 5.65. The van der Waals surface area contributed by atoms with Gasteiger partial charge < -0.3 is 14.9 Å². The quantitative estimate of drug-likeness (QED) is 0.603. The van der Waals surface area contributed by atoms with Crippen molar-refractivity contribution in [2.24, 2.45) is 7.05 Å². The van der Waals surface area contributed by atoms with Crippen LogP contribution in [0.1, 0.15) is 15.4 Å². The van der Waals surface area contributed by atoms with Crippen molar-refractivity contribution in [3.8, 4) is 0 Å². The average Bonchev–Trinajstić information content (AvgIpc) is 3.16. The Morgan fingerprint density at radius 2 is 2.04 bits per heavy atom. The SMILES string of the molecule is Cn1cccc1CNC(=O)c1cc2c([nH]c3ccccc32)c(=O)s1. The van der Waals surface area contributed by atoms with Crippen molar-refractivity contribution in [3.63, 3.8) is 0 Å². The molecule has 6 heteroatoms. The number of aryl methyl sites for hydroxylation is 1. The van der Waals surface area contributed by atoms with Crippen LogP contribution in [0.2, 0.25) is 0 Å². The summed E-state index contributed by atoms with van der Waals surface area (Å²) in [5, 5.41) is 4.62. The Morgan fingerprint density at radius 1 is 1.21 bits per heavy atom. The van der Waals surface area contributed by atoms with E-state index in [9.17, 15) is 9.59 Å². The summed E-state index contributed by atoms with van der Waals surface area (Å²) in [6.45, 7) is 0.426. The van der Waals surface area contributed by atoms with Gasteiger partial charge in [0.2, 0.25) is 0 Å². The molecule has 0 atom stereocenters. The molecule has 120 valence electrons. The Labute approximate surface area is 141 Å². The van der Waals surface area contributed by atoms with Crippen molar-refractivity contribution in [3.05, 3.63) is 68.8 Å². The first-order chi connectivity index (χ1) is 11.6. The van der Waals surface area contributed by atoms with Gasteiger partial charge in [-0.1, -0.05) is 29.5 Å². The maximum absolute atomic E-state index is 12.4. The fourth-order valence-corrected chi connectivity index (χ4v) is 3.64. The minimum atomic E-state index is -0.231. The smallest absolute Gasteiger partial charge is 0.261 e. The van der Waals surface area contributed by atoms with Crippen molar-refractivity contribution in [2.45, 2.75) is 6.54 Å². The Bertz CT molecular complexity index is 1120. The highest BCUT2D eigenvalue weighted by atomic mass is 32.1. The summed E-state index contributed by atoms with van der Waals surface area (Å²) in [6, 6.07) is 13.4. The first-order valence-corrected chi connectivity index (χ1v) is 8.38. The molecule has 0 fully saturated rings. The Hall–Kier alpha value is -2.86. The number of para-hydroxylation sites is 1. The van der Waals surface area contributed by atoms with Crippen LogP contribution in [-0.2, 0) is 13.6 Å². The van der Waals surface area contributed by atoms with Gasteiger partial charge in [0.15, 0.2) is 0 Å². The van der Waals surface area contributed by atoms with Crippen LogP contribution >= 0.6 is 11.3 Å². The number of rotatable bonds is 3. The fourth-order valence-electron chi connectivity index (χ4n) is 2.84. The van der Waals surface area contributed by atoms with Crippen LogP contribution in [0.4, 0.5) is 0 Å². The van der Waals surface area contributed by atoms with Crippen molar-refractivity contribution in [1.29, 1.82) is 0 Å². The summed E-state index contributed by atoms with van der Waals surface area (Å²) in [6.07, 6.45) is 1.93. The summed E-state index contributed by atoms with van der Waals surface area (Å²) in [5.41, 5.74) is 2.46. The van der Waals surface area contributed by atoms with Crippen LogP contribution in [0.3, 0.4) is 0 Å². The number of hydrogen-bond acceptors (Lipinski definition) is 3. The van der Waals surface area contributed by atoms with E-state index in [1.165, 1.54) is 0 Å². The van der Waals surface area contributed by atoms with Gasteiger partial charge in [-0.2, -0.15) is 0 Å². The molecule has 0 unspecified atom stereocenters. The highest BCUT2D eigenvalue weighted by Gasteiger charge is 2.14. The minimum Gasteiger partial charge on any atom is -0.353 e. The Morgan fingerprint density at radius 3 is 2.83 bits per heavy atom. The van der Waals surface area contributed by atoms with Gasteiger partial charge in [-0.05, 0) is 24.3 Å². The number of nitrogens with zero attached hydrogens (tertiary/aromatic N) is 1. The maximum Gasteiger partial charge on any atom is 0.261 e. The third-order valence-corrected chi connectivity index (χ3v) is 5.05. The summed E-state index contributed by atoms with van der Waals surface area (Å²) >= 11 is 0.966. The molecule has 0 spiro atoms. The number of carbonyl (C=O) groups is 1. The number of H-pyrrole nitrogens is 1. The lowest BCUT2D eigenvalue weighted by atomic mass is 10.2. The van der Waals surface area contributed by atoms with Gasteiger partial charge in [0.1, 0.15) is 5.52 Å². The molecule has 0 bridgehead atoms. The topological polar surface area (TPSA) is 66.9 Å². The fraction of sp³-hybridized carbons (Fsp3) is 0.111. The van der Waals surface area contributed by atoms with E-state index in [-0.39, 0.29) is 10.6 Å². The van der Waals surface area contributed by atoms with Crippen LogP contribution in [0.25, 0.3) is 21.8 Å². The Kier molecular flexibility index (Phi) is 3.46. The number of carbonyl (C=O) groups excluding carboxylic acids is 1. The van der Waals surface area contributed by atoms with E-state index in [0.29, 0.717) is 16.9 Å². The van der Waals surface area contributed by atoms with Crippen molar-refractivity contribution >= 4 is 39.0 Å². The number of amides is 1. The van der Waals surface area contributed by atoms with E-state index < -0.39 is 0 Å². The molecule has 0 saturated heterocycles. The van der Waals surface area contributed by atoms with E-state index in [2.05, 4.69) is 10.3 Å². The molecule has 0 aliphatic heterocycles. The van der Waals surface area contributed by atoms with Crippen LogP contribution in [0, 0.1) is 0 Å². The number of nitrogens with one attached hydrogen (secondary N) is 2. The average molecular weight is 337 g/mol. The molecule has 5 nitrogen and oxygen atoms in total. The molecule has 0 aliphatic carbocycles. The van der Waals surface area contributed by atoms with Crippen molar-refractivity contribution < 1.29 is 4.79 Å².